The highest BCUT2D eigenvalue weighted by molar-refractivity contribution is 5.83. The third-order valence-corrected chi connectivity index (χ3v) is 3.33. The highest BCUT2D eigenvalue weighted by atomic mass is 16.5. The number of hydrogen-bond donors (Lipinski definition) is 2. The lowest BCUT2D eigenvalue weighted by Gasteiger charge is -2.33. The molecule has 0 aromatic carbocycles. The first kappa shape index (κ1) is 12.3. The monoisotopic (exact) mass is 242 g/mol. The number of rotatable bonds is 4. The number of amides is 1. The average molecular weight is 242 g/mol. The van der Waals surface area contributed by atoms with Gasteiger partial charge < -0.3 is 15.2 Å². The molecule has 2 fully saturated rings. The molecular weight excluding hydrogens is 224 g/mol. The van der Waals surface area contributed by atoms with Crippen LogP contribution in [0.1, 0.15) is 19.3 Å². The molecular formula is C11H18N2O4. The maximum absolute atomic E-state index is 11.3. The average Bonchev–Trinajstić information content (AvgIpc) is 2.78. The summed E-state index contributed by atoms with van der Waals surface area (Å²) in [5.74, 6) is -0.979. The van der Waals surface area contributed by atoms with Crippen LogP contribution in [0.4, 0.5) is 0 Å². The SMILES string of the molecule is O=C1CN(CCC2CCCO2)C(C(=O)O)CN1. The van der Waals surface area contributed by atoms with E-state index < -0.39 is 12.0 Å². The Morgan fingerprint density at radius 2 is 2.41 bits per heavy atom. The van der Waals surface area contributed by atoms with E-state index in [1.54, 1.807) is 4.90 Å². The summed E-state index contributed by atoms with van der Waals surface area (Å²) in [5, 5.41) is 11.6. The Morgan fingerprint density at radius 1 is 1.59 bits per heavy atom. The quantitative estimate of drug-likeness (QED) is 0.691. The lowest BCUT2D eigenvalue weighted by atomic mass is 10.1. The number of ether oxygens (including phenoxy) is 1. The molecule has 2 N–H and O–H groups in total. The normalized spacial score (nSPS) is 30.2. The maximum Gasteiger partial charge on any atom is 0.322 e. The Bertz CT molecular complexity index is 302. The van der Waals surface area contributed by atoms with Crippen LogP contribution >= 0.6 is 0 Å². The van der Waals surface area contributed by atoms with Gasteiger partial charge in [0.15, 0.2) is 0 Å². The summed E-state index contributed by atoms with van der Waals surface area (Å²) in [4.78, 5) is 24.0. The molecule has 1 amide bonds. The molecule has 2 unspecified atom stereocenters. The van der Waals surface area contributed by atoms with Crippen molar-refractivity contribution in [1.82, 2.24) is 10.2 Å². The maximum atomic E-state index is 11.3. The van der Waals surface area contributed by atoms with Crippen molar-refractivity contribution in [3.63, 3.8) is 0 Å². The highest BCUT2D eigenvalue weighted by Crippen LogP contribution is 2.16. The van der Waals surface area contributed by atoms with Gasteiger partial charge in [0.05, 0.1) is 12.6 Å². The van der Waals surface area contributed by atoms with Crippen LogP contribution in [0.15, 0.2) is 0 Å². The zero-order valence-electron chi connectivity index (χ0n) is 9.72. The topological polar surface area (TPSA) is 78.9 Å². The van der Waals surface area contributed by atoms with E-state index in [0.29, 0.717) is 6.54 Å². The van der Waals surface area contributed by atoms with Gasteiger partial charge in [0, 0.05) is 19.7 Å². The number of carbonyl (C=O) groups excluding carboxylic acids is 1. The van der Waals surface area contributed by atoms with Gasteiger partial charge in [-0.2, -0.15) is 0 Å². The number of carbonyl (C=O) groups is 2. The van der Waals surface area contributed by atoms with Gasteiger partial charge in [-0.05, 0) is 19.3 Å². The second-order valence-corrected chi connectivity index (χ2v) is 4.55. The van der Waals surface area contributed by atoms with Crippen molar-refractivity contribution in [2.24, 2.45) is 0 Å². The van der Waals surface area contributed by atoms with Crippen LogP contribution in [-0.2, 0) is 14.3 Å². The molecule has 0 aromatic rings. The molecule has 96 valence electrons. The molecule has 6 heteroatoms. The zero-order chi connectivity index (χ0) is 12.3. The Kier molecular flexibility index (Phi) is 3.96. The van der Waals surface area contributed by atoms with Gasteiger partial charge in [-0.15, -0.1) is 0 Å². The summed E-state index contributed by atoms with van der Waals surface area (Å²) in [7, 11) is 0. The van der Waals surface area contributed by atoms with Crippen molar-refractivity contribution < 1.29 is 19.4 Å². The van der Waals surface area contributed by atoms with E-state index in [4.69, 9.17) is 9.84 Å². The molecule has 2 rings (SSSR count). The second-order valence-electron chi connectivity index (χ2n) is 4.55. The molecule has 2 heterocycles. The van der Waals surface area contributed by atoms with Gasteiger partial charge in [-0.25, -0.2) is 0 Å². The lowest BCUT2D eigenvalue weighted by molar-refractivity contribution is -0.146. The number of carboxylic acid groups (broad SMARTS) is 1. The van der Waals surface area contributed by atoms with Crippen LogP contribution in [0.2, 0.25) is 0 Å². The fourth-order valence-electron chi connectivity index (χ4n) is 2.35. The summed E-state index contributed by atoms with van der Waals surface area (Å²) >= 11 is 0. The van der Waals surface area contributed by atoms with Crippen molar-refractivity contribution >= 4 is 11.9 Å². The molecule has 2 aliphatic rings. The van der Waals surface area contributed by atoms with Crippen LogP contribution in [0.3, 0.4) is 0 Å². The van der Waals surface area contributed by atoms with E-state index in [-0.39, 0.29) is 25.1 Å². The Labute approximate surface area is 99.9 Å². The Balaban J connectivity index is 1.85. The smallest absolute Gasteiger partial charge is 0.322 e. The van der Waals surface area contributed by atoms with Crippen LogP contribution in [0, 0.1) is 0 Å². The van der Waals surface area contributed by atoms with Gasteiger partial charge in [0.25, 0.3) is 0 Å². The second kappa shape index (κ2) is 5.46. The summed E-state index contributed by atoms with van der Waals surface area (Å²) in [6.45, 7) is 1.77. The first-order valence-corrected chi connectivity index (χ1v) is 6.02. The molecule has 0 aliphatic carbocycles. The molecule has 2 aliphatic heterocycles. The fraction of sp³-hybridized carbons (Fsp3) is 0.818. The third-order valence-electron chi connectivity index (χ3n) is 3.33. The van der Waals surface area contributed by atoms with Crippen molar-refractivity contribution in [2.75, 3.05) is 26.2 Å². The lowest BCUT2D eigenvalue weighted by Crippen LogP contribution is -2.57. The highest BCUT2D eigenvalue weighted by Gasteiger charge is 2.32. The number of piperazine rings is 1. The summed E-state index contributed by atoms with van der Waals surface area (Å²) in [6, 6.07) is -0.603. The van der Waals surface area contributed by atoms with Crippen LogP contribution in [0.25, 0.3) is 0 Å². The first-order valence-electron chi connectivity index (χ1n) is 6.02. The van der Waals surface area contributed by atoms with Crippen molar-refractivity contribution in [3.8, 4) is 0 Å². The Morgan fingerprint density at radius 3 is 3.06 bits per heavy atom. The van der Waals surface area contributed by atoms with Crippen LogP contribution < -0.4 is 5.32 Å². The zero-order valence-corrected chi connectivity index (χ0v) is 9.72. The molecule has 0 saturated carbocycles. The van der Waals surface area contributed by atoms with Gasteiger partial charge in [0.2, 0.25) is 5.91 Å². The number of hydrogen-bond acceptors (Lipinski definition) is 4. The van der Waals surface area contributed by atoms with Crippen LogP contribution in [0.5, 0.6) is 0 Å². The minimum Gasteiger partial charge on any atom is -0.480 e. The summed E-state index contributed by atoms with van der Waals surface area (Å²) in [6.07, 6.45) is 3.15. The standard InChI is InChI=1S/C11H18N2O4/c14-10-7-13(9(6-12-10)11(15)16)4-3-8-2-1-5-17-8/h8-9H,1-7H2,(H,12,14)(H,15,16). The molecule has 2 atom stereocenters. The van der Waals surface area contributed by atoms with Gasteiger partial charge in [-0.1, -0.05) is 0 Å². The number of nitrogens with zero attached hydrogens (tertiary/aromatic N) is 1. The molecule has 2 saturated heterocycles. The van der Waals surface area contributed by atoms with E-state index in [1.807, 2.05) is 0 Å². The minimum absolute atomic E-state index is 0.102. The fourth-order valence-corrected chi connectivity index (χ4v) is 2.35. The summed E-state index contributed by atoms with van der Waals surface area (Å²) in [5.41, 5.74) is 0. The molecule has 0 radical (unpaired) electrons. The molecule has 0 spiro atoms. The predicted octanol–water partition coefficient (Wildman–Crippen LogP) is -0.559. The van der Waals surface area contributed by atoms with E-state index in [9.17, 15) is 9.59 Å². The van der Waals surface area contributed by atoms with E-state index >= 15 is 0 Å². The van der Waals surface area contributed by atoms with Crippen molar-refractivity contribution in [2.45, 2.75) is 31.4 Å². The number of nitrogens with one attached hydrogen (secondary N) is 1. The van der Waals surface area contributed by atoms with E-state index in [1.165, 1.54) is 0 Å². The number of aliphatic carboxylic acids is 1. The van der Waals surface area contributed by atoms with Crippen LogP contribution in [-0.4, -0.2) is 60.3 Å². The molecule has 6 nitrogen and oxygen atoms in total. The van der Waals surface area contributed by atoms with E-state index in [0.717, 1.165) is 25.9 Å². The van der Waals surface area contributed by atoms with E-state index in [2.05, 4.69) is 5.32 Å². The van der Waals surface area contributed by atoms with Gasteiger partial charge >= 0.3 is 5.97 Å². The largest absolute Gasteiger partial charge is 0.480 e. The van der Waals surface area contributed by atoms with Gasteiger partial charge in [-0.3, -0.25) is 14.5 Å². The predicted molar refractivity (Wildman–Crippen MR) is 59.6 cm³/mol. The third kappa shape index (κ3) is 3.17. The molecule has 0 aromatic heterocycles. The summed E-state index contributed by atoms with van der Waals surface area (Å²) < 4.78 is 5.49. The minimum atomic E-state index is -0.877. The molecule has 0 bridgehead atoms. The first-order chi connectivity index (χ1) is 8.16. The molecule has 17 heavy (non-hydrogen) atoms. The number of carboxylic acids is 1. The van der Waals surface area contributed by atoms with Gasteiger partial charge in [0.1, 0.15) is 6.04 Å². The van der Waals surface area contributed by atoms with Crippen molar-refractivity contribution in [3.05, 3.63) is 0 Å². The Hall–Kier alpha value is -1.14. The van der Waals surface area contributed by atoms with Crippen molar-refractivity contribution in [1.29, 1.82) is 0 Å².